The summed E-state index contributed by atoms with van der Waals surface area (Å²) in [5.74, 6) is 0.774. The maximum absolute atomic E-state index is 8.86. The van der Waals surface area contributed by atoms with Crippen LogP contribution in [0.1, 0.15) is 18.4 Å². The molecule has 0 bridgehead atoms. The quantitative estimate of drug-likeness (QED) is 0.266. The highest BCUT2D eigenvalue weighted by atomic mass is 35.5. The first-order valence-corrected chi connectivity index (χ1v) is 7.06. The number of nitrogens with two attached hydrogens (primary N) is 1. The monoisotopic (exact) mass is 297 g/mol. The van der Waals surface area contributed by atoms with Gasteiger partial charge >= 0.3 is 0 Å². The van der Waals surface area contributed by atoms with Gasteiger partial charge in [0, 0.05) is 25.9 Å². The highest BCUT2D eigenvalue weighted by Gasteiger charge is 2.21. The molecular weight excluding hydrogens is 278 g/mol. The average Bonchev–Trinajstić information content (AvgIpc) is 3.26. The van der Waals surface area contributed by atoms with E-state index in [1.54, 1.807) is 6.07 Å². The van der Waals surface area contributed by atoms with Crippen molar-refractivity contribution in [2.75, 3.05) is 31.7 Å². The minimum absolute atomic E-state index is 0.0105. The van der Waals surface area contributed by atoms with Crippen molar-refractivity contribution in [1.82, 2.24) is 0 Å². The summed E-state index contributed by atoms with van der Waals surface area (Å²) in [6, 6.07) is 5.45. The number of ether oxygens (including phenoxy) is 1. The lowest BCUT2D eigenvalue weighted by Gasteiger charge is -2.22. The van der Waals surface area contributed by atoms with Crippen molar-refractivity contribution < 1.29 is 9.94 Å². The zero-order valence-electron chi connectivity index (χ0n) is 11.6. The zero-order chi connectivity index (χ0) is 14.5. The Morgan fingerprint density at radius 3 is 2.95 bits per heavy atom. The third kappa shape index (κ3) is 3.77. The number of benzene rings is 1. The van der Waals surface area contributed by atoms with Crippen molar-refractivity contribution >= 4 is 23.1 Å². The van der Waals surface area contributed by atoms with E-state index in [4.69, 9.17) is 27.3 Å². The Morgan fingerprint density at radius 2 is 2.30 bits per heavy atom. The van der Waals surface area contributed by atoms with Gasteiger partial charge in [0.2, 0.25) is 0 Å². The fraction of sp³-hybridized carbons (Fsp3) is 0.500. The molecule has 1 fully saturated rings. The Labute approximate surface area is 124 Å². The van der Waals surface area contributed by atoms with Crippen molar-refractivity contribution in [2.24, 2.45) is 16.8 Å². The van der Waals surface area contributed by atoms with E-state index in [1.165, 1.54) is 12.8 Å². The summed E-state index contributed by atoms with van der Waals surface area (Å²) in [6.07, 6.45) is 2.58. The molecule has 3 N–H and O–H groups in total. The van der Waals surface area contributed by atoms with Crippen LogP contribution in [0.5, 0.6) is 0 Å². The van der Waals surface area contributed by atoms with E-state index in [-0.39, 0.29) is 5.84 Å². The van der Waals surface area contributed by atoms with Crippen LogP contribution in [0.25, 0.3) is 0 Å². The molecule has 1 aromatic rings. The van der Waals surface area contributed by atoms with Gasteiger partial charge in [-0.05, 0) is 30.9 Å². The number of halogens is 1. The molecule has 0 amide bonds. The maximum atomic E-state index is 8.86. The maximum Gasteiger partial charge on any atom is 0.173 e. The van der Waals surface area contributed by atoms with E-state index in [0.29, 0.717) is 17.2 Å². The SMILES string of the molecule is CN(CCOCC1CC1)c1cccc(Cl)c1/C(N)=N/O. The van der Waals surface area contributed by atoms with Crippen LogP contribution < -0.4 is 10.6 Å². The van der Waals surface area contributed by atoms with Gasteiger partial charge < -0.3 is 20.6 Å². The van der Waals surface area contributed by atoms with Crippen molar-refractivity contribution in [2.45, 2.75) is 12.8 Å². The van der Waals surface area contributed by atoms with Gasteiger partial charge in [-0.3, -0.25) is 0 Å². The molecule has 0 heterocycles. The van der Waals surface area contributed by atoms with Crippen LogP contribution in [0.4, 0.5) is 5.69 Å². The van der Waals surface area contributed by atoms with Crippen LogP contribution in [-0.4, -0.2) is 37.8 Å². The molecule has 1 saturated carbocycles. The summed E-state index contributed by atoms with van der Waals surface area (Å²) in [5.41, 5.74) is 7.06. The van der Waals surface area contributed by atoms with Crippen LogP contribution in [-0.2, 0) is 4.74 Å². The van der Waals surface area contributed by atoms with Gasteiger partial charge in [0.25, 0.3) is 0 Å². The summed E-state index contributed by atoms with van der Waals surface area (Å²) >= 11 is 6.13. The Bertz CT molecular complexity index is 489. The van der Waals surface area contributed by atoms with Crippen molar-refractivity contribution in [3.05, 3.63) is 28.8 Å². The average molecular weight is 298 g/mol. The molecule has 0 unspecified atom stereocenters. The van der Waals surface area contributed by atoms with Gasteiger partial charge in [-0.1, -0.05) is 22.8 Å². The highest BCUT2D eigenvalue weighted by Crippen LogP contribution is 2.29. The second-order valence-electron chi connectivity index (χ2n) is 5.06. The van der Waals surface area contributed by atoms with Gasteiger partial charge in [0.05, 0.1) is 17.2 Å². The molecule has 2 rings (SSSR count). The molecule has 6 heteroatoms. The normalized spacial score (nSPS) is 15.4. The molecule has 1 aliphatic rings. The fourth-order valence-electron chi connectivity index (χ4n) is 1.99. The standard InChI is InChI=1S/C14H20ClN3O2/c1-18(7-8-20-9-10-5-6-10)12-4-2-3-11(15)13(12)14(16)17-19/h2-4,10,19H,5-9H2,1H3,(H2,16,17). The van der Waals surface area contributed by atoms with E-state index in [0.717, 1.165) is 24.8 Å². The summed E-state index contributed by atoms with van der Waals surface area (Å²) in [7, 11) is 1.93. The number of oxime groups is 1. The van der Waals surface area contributed by atoms with Crippen molar-refractivity contribution in [1.29, 1.82) is 0 Å². The van der Waals surface area contributed by atoms with Gasteiger partial charge in [-0.15, -0.1) is 0 Å². The predicted molar refractivity (Wildman–Crippen MR) is 80.8 cm³/mol. The molecule has 0 saturated heterocycles. The number of nitrogens with zero attached hydrogens (tertiary/aromatic N) is 2. The lowest BCUT2D eigenvalue weighted by atomic mass is 10.1. The van der Waals surface area contributed by atoms with E-state index in [2.05, 4.69) is 5.16 Å². The molecule has 0 spiro atoms. The predicted octanol–water partition coefficient (Wildman–Crippen LogP) is 2.30. The molecule has 0 aromatic heterocycles. The zero-order valence-corrected chi connectivity index (χ0v) is 12.3. The number of anilines is 1. The van der Waals surface area contributed by atoms with Crippen LogP contribution in [0.3, 0.4) is 0 Å². The smallest absolute Gasteiger partial charge is 0.173 e. The Kier molecular flexibility index (Phi) is 5.09. The van der Waals surface area contributed by atoms with Gasteiger partial charge in [-0.2, -0.15) is 0 Å². The Morgan fingerprint density at radius 1 is 1.55 bits per heavy atom. The minimum Gasteiger partial charge on any atom is -0.409 e. The van der Waals surface area contributed by atoms with E-state index < -0.39 is 0 Å². The third-order valence-electron chi connectivity index (χ3n) is 3.39. The minimum atomic E-state index is 0.0105. The summed E-state index contributed by atoms with van der Waals surface area (Å²) in [5, 5.41) is 12.4. The number of hydrogen-bond donors (Lipinski definition) is 2. The molecule has 0 aliphatic heterocycles. The Hall–Kier alpha value is -1.46. The summed E-state index contributed by atoms with van der Waals surface area (Å²) in [4.78, 5) is 1.99. The molecule has 0 atom stereocenters. The van der Waals surface area contributed by atoms with Gasteiger partial charge in [-0.25, -0.2) is 0 Å². The fourth-order valence-corrected chi connectivity index (χ4v) is 2.26. The second-order valence-corrected chi connectivity index (χ2v) is 5.47. The number of hydrogen-bond acceptors (Lipinski definition) is 4. The highest BCUT2D eigenvalue weighted by molar-refractivity contribution is 6.34. The van der Waals surface area contributed by atoms with E-state index >= 15 is 0 Å². The van der Waals surface area contributed by atoms with Crippen LogP contribution >= 0.6 is 11.6 Å². The molecule has 0 radical (unpaired) electrons. The second kappa shape index (κ2) is 6.81. The van der Waals surface area contributed by atoms with Crippen LogP contribution in [0.2, 0.25) is 5.02 Å². The Balaban J connectivity index is 2.00. The van der Waals surface area contributed by atoms with Gasteiger partial charge in [0.15, 0.2) is 5.84 Å². The summed E-state index contributed by atoms with van der Waals surface area (Å²) in [6.45, 7) is 2.21. The molecular formula is C14H20ClN3O2. The lowest BCUT2D eigenvalue weighted by Crippen LogP contribution is -2.26. The van der Waals surface area contributed by atoms with E-state index in [9.17, 15) is 0 Å². The first-order chi connectivity index (χ1) is 9.63. The number of likely N-dealkylation sites (N-methyl/N-ethyl adjacent to an activating group) is 1. The first kappa shape index (κ1) is 14.9. The van der Waals surface area contributed by atoms with Crippen molar-refractivity contribution in [3.63, 3.8) is 0 Å². The van der Waals surface area contributed by atoms with Crippen LogP contribution in [0.15, 0.2) is 23.4 Å². The van der Waals surface area contributed by atoms with Crippen molar-refractivity contribution in [3.8, 4) is 0 Å². The molecule has 5 nitrogen and oxygen atoms in total. The van der Waals surface area contributed by atoms with Crippen LogP contribution in [0, 0.1) is 5.92 Å². The van der Waals surface area contributed by atoms with E-state index in [1.807, 2.05) is 24.1 Å². The molecule has 1 aromatic carbocycles. The lowest BCUT2D eigenvalue weighted by molar-refractivity contribution is 0.131. The molecule has 110 valence electrons. The van der Waals surface area contributed by atoms with Gasteiger partial charge in [0.1, 0.15) is 0 Å². The number of amidine groups is 1. The number of rotatable bonds is 7. The molecule has 20 heavy (non-hydrogen) atoms. The first-order valence-electron chi connectivity index (χ1n) is 6.68. The summed E-state index contributed by atoms with van der Waals surface area (Å²) < 4.78 is 5.62. The topological polar surface area (TPSA) is 71.1 Å². The largest absolute Gasteiger partial charge is 0.409 e. The molecule has 1 aliphatic carbocycles. The third-order valence-corrected chi connectivity index (χ3v) is 3.70.